The first-order valence-electron chi connectivity index (χ1n) is 6.10. The van der Waals surface area contributed by atoms with Crippen LogP contribution in [0.25, 0.3) is 0 Å². The summed E-state index contributed by atoms with van der Waals surface area (Å²) in [6.45, 7) is 3.32. The molecule has 1 aliphatic rings. The van der Waals surface area contributed by atoms with Gasteiger partial charge in [0.25, 0.3) is 0 Å². The predicted molar refractivity (Wildman–Crippen MR) is 70.6 cm³/mol. The molecule has 0 radical (unpaired) electrons. The molecule has 1 fully saturated rings. The molecule has 112 valence electrons. The van der Waals surface area contributed by atoms with Gasteiger partial charge in [-0.1, -0.05) is 0 Å². The van der Waals surface area contributed by atoms with Crippen molar-refractivity contribution >= 4 is 21.7 Å². The Bertz CT molecular complexity index is 471. The molecule has 2 heterocycles. The van der Waals surface area contributed by atoms with Crippen LogP contribution < -0.4 is 5.32 Å². The van der Waals surface area contributed by atoms with Gasteiger partial charge in [-0.15, -0.1) is 0 Å². The Morgan fingerprint density at radius 1 is 1.50 bits per heavy atom. The first-order chi connectivity index (χ1) is 9.41. The monoisotopic (exact) mass is 354 g/mol. The number of nitrogens with zero attached hydrogens (tertiary/aromatic N) is 1. The minimum atomic E-state index is -4.40. The van der Waals surface area contributed by atoms with Crippen molar-refractivity contribution < 1.29 is 22.6 Å². The molecule has 1 N–H and O–H groups in total. The first-order valence-corrected chi connectivity index (χ1v) is 6.89. The van der Waals surface area contributed by atoms with Crippen LogP contribution in [-0.2, 0) is 15.7 Å². The number of hydrogen-bond acceptors (Lipinski definition) is 4. The molecular formula is C12H14BrF3N2O2. The van der Waals surface area contributed by atoms with E-state index < -0.39 is 11.7 Å². The van der Waals surface area contributed by atoms with Gasteiger partial charge < -0.3 is 14.8 Å². The second kappa shape index (κ2) is 6.28. The molecule has 0 aromatic carbocycles. The molecule has 1 saturated heterocycles. The zero-order valence-electron chi connectivity index (χ0n) is 10.7. The number of alkyl halides is 3. The minimum absolute atomic E-state index is 0.129. The van der Waals surface area contributed by atoms with Gasteiger partial charge in [0.2, 0.25) is 0 Å². The summed E-state index contributed by atoms with van der Waals surface area (Å²) in [4.78, 5) is 3.81. The van der Waals surface area contributed by atoms with E-state index in [-0.39, 0.29) is 16.6 Å². The van der Waals surface area contributed by atoms with Gasteiger partial charge in [0.15, 0.2) is 0 Å². The summed E-state index contributed by atoms with van der Waals surface area (Å²) < 4.78 is 48.7. The molecule has 0 aliphatic carbocycles. The van der Waals surface area contributed by atoms with Crippen molar-refractivity contribution in [1.29, 1.82) is 0 Å². The van der Waals surface area contributed by atoms with Crippen molar-refractivity contribution in [1.82, 2.24) is 4.98 Å². The van der Waals surface area contributed by atoms with Gasteiger partial charge in [-0.25, -0.2) is 4.98 Å². The molecule has 0 amide bonds. The molecule has 4 nitrogen and oxygen atoms in total. The van der Waals surface area contributed by atoms with Crippen LogP contribution in [0.5, 0.6) is 0 Å². The van der Waals surface area contributed by atoms with E-state index in [1.54, 1.807) is 0 Å². The molecule has 1 aromatic rings. The average molecular weight is 355 g/mol. The van der Waals surface area contributed by atoms with Crippen molar-refractivity contribution in [3.63, 3.8) is 0 Å². The standard InChI is InChI=1S/C12H14BrF3N2O2/c1-2-20-10-6-19-5-9(10)18-11-8(13)3-7(4-17-11)12(14,15)16/h3-4,9-10H,2,5-6H2,1H3,(H,17,18)/t9-,10?/m1/s1. The lowest BCUT2D eigenvalue weighted by atomic mass is 10.2. The quantitative estimate of drug-likeness (QED) is 0.902. The second-order valence-electron chi connectivity index (χ2n) is 4.33. The summed E-state index contributed by atoms with van der Waals surface area (Å²) >= 11 is 3.10. The molecule has 20 heavy (non-hydrogen) atoms. The summed E-state index contributed by atoms with van der Waals surface area (Å²) in [5.41, 5.74) is -0.793. The van der Waals surface area contributed by atoms with Gasteiger partial charge in [0, 0.05) is 12.8 Å². The highest BCUT2D eigenvalue weighted by Crippen LogP contribution is 2.33. The fraction of sp³-hybridized carbons (Fsp3) is 0.583. The topological polar surface area (TPSA) is 43.4 Å². The molecule has 0 bridgehead atoms. The number of anilines is 1. The smallest absolute Gasteiger partial charge is 0.376 e. The summed E-state index contributed by atoms with van der Waals surface area (Å²) in [6.07, 6.45) is -3.73. The lowest BCUT2D eigenvalue weighted by Gasteiger charge is -2.20. The van der Waals surface area contributed by atoms with Crippen LogP contribution in [0, 0.1) is 0 Å². The Labute approximate surface area is 122 Å². The van der Waals surface area contributed by atoms with E-state index in [0.29, 0.717) is 25.6 Å². The van der Waals surface area contributed by atoms with Crippen LogP contribution in [0.15, 0.2) is 16.7 Å². The second-order valence-corrected chi connectivity index (χ2v) is 5.19. The number of hydrogen-bond donors (Lipinski definition) is 1. The van der Waals surface area contributed by atoms with E-state index in [0.717, 1.165) is 12.3 Å². The maximum atomic E-state index is 12.5. The normalized spacial score (nSPS) is 23.1. The third kappa shape index (κ3) is 3.62. The highest BCUT2D eigenvalue weighted by molar-refractivity contribution is 9.10. The Hall–Kier alpha value is -0.860. The van der Waals surface area contributed by atoms with Gasteiger partial charge in [-0.05, 0) is 28.9 Å². The molecule has 1 unspecified atom stereocenters. The third-order valence-electron chi connectivity index (χ3n) is 2.90. The third-order valence-corrected chi connectivity index (χ3v) is 3.50. The van der Waals surface area contributed by atoms with Crippen molar-refractivity contribution in [3.8, 4) is 0 Å². The van der Waals surface area contributed by atoms with Crippen LogP contribution in [-0.4, -0.2) is 37.0 Å². The SMILES string of the molecule is CCOC1COC[C@H]1Nc1ncc(C(F)(F)F)cc1Br. The number of ether oxygens (including phenoxy) is 2. The summed E-state index contributed by atoms with van der Waals surface area (Å²) in [6, 6.07) is 0.872. The zero-order valence-corrected chi connectivity index (χ0v) is 12.3. The fourth-order valence-electron chi connectivity index (χ4n) is 1.92. The maximum Gasteiger partial charge on any atom is 0.417 e. The fourth-order valence-corrected chi connectivity index (χ4v) is 2.39. The number of rotatable bonds is 4. The Morgan fingerprint density at radius 3 is 2.85 bits per heavy atom. The predicted octanol–water partition coefficient (Wildman–Crippen LogP) is 3.08. The number of nitrogens with one attached hydrogen (secondary N) is 1. The number of halogens is 4. The van der Waals surface area contributed by atoms with Crippen LogP contribution in [0.4, 0.5) is 19.0 Å². The van der Waals surface area contributed by atoms with E-state index in [9.17, 15) is 13.2 Å². The lowest BCUT2D eigenvalue weighted by molar-refractivity contribution is -0.137. The van der Waals surface area contributed by atoms with E-state index in [1.165, 1.54) is 0 Å². The van der Waals surface area contributed by atoms with Crippen LogP contribution in [0.1, 0.15) is 12.5 Å². The van der Waals surface area contributed by atoms with Crippen molar-refractivity contribution in [2.45, 2.75) is 25.2 Å². The summed E-state index contributed by atoms with van der Waals surface area (Å²) in [5.74, 6) is 0.346. The molecule has 0 saturated carbocycles. The Balaban J connectivity index is 2.10. The summed E-state index contributed by atoms with van der Waals surface area (Å²) in [5, 5.41) is 3.05. The van der Waals surface area contributed by atoms with E-state index in [1.807, 2.05) is 6.92 Å². The lowest BCUT2D eigenvalue weighted by Crippen LogP contribution is -2.34. The first kappa shape index (κ1) is 15.5. The van der Waals surface area contributed by atoms with Crippen LogP contribution >= 0.6 is 15.9 Å². The minimum Gasteiger partial charge on any atom is -0.376 e. The van der Waals surface area contributed by atoms with Crippen molar-refractivity contribution in [3.05, 3.63) is 22.3 Å². The molecule has 2 rings (SSSR count). The van der Waals surface area contributed by atoms with Crippen molar-refractivity contribution in [2.24, 2.45) is 0 Å². The Kier molecular flexibility index (Phi) is 4.87. The number of aromatic nitrogens is 1. The highest BCUT2D eigenvalue weighted by atomic mass is 79.9. The average Bonchev–Trinajstić information content (AvgIpc) is 2.78. The highest BCUT2D eigenvalue weighted by Gasteiger charge is 2.33. The molecule has 1 aromatic heterocycles. The molecule has 8 heteroatoms. The van der Waals surface area contributed by atoms with Crippen LogP contribution in [0.2, 0.25) is 0 Å². The van der Waals surface area contributed by atoms with Gasteiger partial charge in [-0.2, -0.15) is 13.2 Å². The number of pyridine rings is 1. The molecular weight excluding hydrogens is 341 g/mol. The molecule has 2 atom stereocenters. The molecule has 1 aliphatic heterocycles. The largest absolute Gasteiger partial charge is 0.417 e. The van der Waals surface area contributed by atoms with Gasteiger partial charge in [0.05, 0.1) is 29.3 Å². The maximum absolute atomic E-state index is 12.5. The summed E-state index contributed by atoms with van der Waals surface area (Å²) in [7, 11) is 0. The van der Waals surface area contributed by atoms with Gasteiger partial charge >= 0.3 is 6.18 Å². The Morgan fingerprint density at radius 2 is 2.25 bits per heavy atom. The van der Waals surface area contributed by atoms with E-state index in [4.69, 9.17) is 9.47 Å². The van der Waals surface area contributed by atoms with Gasteiger partial charge in [0.1, 0.15) is 11.9 Å². The van der Waals surface area contributed by atoms with E-state index in [2.05, 4.69) is 26.2 Å². The molecule has 0 spiro atoms. The van der Waals surface area contributed by atoms with E-state index >= 15 is 0 Å². The van der Waals surface area contributed by atoms with Crippen molar-refractivity contribution in [2.75, 3.05) is 25.1 Å². The zero-order chi connectivity index (χ0) is 14.8. The van der Waals surface area contributed by atoms with Crippen LogP contribution in [0.3, 0.4) is 0 Å². The van der Waals surface area contributed by atoms with Gasteiger partial charge in [-0.3, -0.25) is 0 Å².